The molecule has 2 heterocycles. The molecule has 0 bridgehead atoms. The molecule has 1 amide bonds. The van der Waals surface area contributed by atoms with Crippen molar-refractivity contribution in [3.8, 4) is 5.69 Å². The number of benzene rings is 2. The summed E-state index contributed by atoms with van der Waals surface area (Å²) in [5.41, 5.74) is 0.938. The van der Waals surface area contributed by atoms with Gasteiger partial charge in [0.2, 0.25) is 10.0 Å². The molecule has 166 valence electrons. The average Bonchev–Trinajstić information content (AvgIpc) is 3.20. The fourth-order valence-corrected chi connectivity index (χ4v) is 5.23. The third kappa shape index (κ3) is 4.07. The lowest BCUT2D eigenvalue weighted by Crippen LogP contribution is -2.50. The first-order valence-corrected chi connectivity index (χ1v) is 11.5. The van der Waals surface area contributed by atoms with Gasteiger partial charge in [0, 0.05) is 50.2 Å². The maximum absolute atomic E-state index is 13.1. The average molecular weight is 474 g/mol. The van der Waals surface area contributed by atoms with E-state index < -0.39 is 14.9 Å². The van der Waals surface area contributed by atoms with E-state index in [2.05, 4.69) is 4.98 Å². The van der Waals surface area contributed by atoms with E-state index in [9.17, 15) is 23.3 Å². The Morgan fingerprint density at radius 2 is 1.62 bits per heavy atom. The van der Waals surface area contributed by atoms with Crippen molar-refractivity contribution >= 4 is 33.8 Å². The van der Waals surface area contributed by atoms with Gasteiger partial charge < -0.3 is 9.88 Å². The third-order valence-electron chi connectivity index (χ3n) is 5.22. The summed E-state index contributed by atoms with van der Waals surface area (Å²) in [6.07, 6.45) is 1.55. The number of non-ortho nitro benzene ring substituents is 1. The molecule has 1 aliphatic heterocycles. The lowest BCUT2D eigenvalue weighted by molar-refractivity contribution is -0.384. The molecule has 1 N–H and O–H groups in total. The van der Waals surface area contributed by atoms with Crippen LogP contribution >= 0.6 is 12.2 Å². The van der Waals surface area contributed by atoms with Gasteiger partial charge in [-0.1, -0.05) is 18.2 Å². The van der Waals surface area contributed by atoms with Crippen molar-refractivity contribution in [1.82, 2.24) is 18.8 Å². The van der Waals surface area contributed by atoms with E-state index in [1.807, 2.05) is 30.3 Å². The summed E-state index contributed by atoms with van der Waals surface area (Å²) in [6.45, 7) is 0.638. The van der Waals surface area contributed by atoms with Crippen LogP contribution in [0.15, 0.2) is 65.7 Å². The number of piperazine rings is 1. The molecule has 3 aromatic rings. The molecule has 4 rings (SSSR count). The lowest BCUT2D eigenvalue weighted by atomic mass is 10.3. The van der Waals surface area contributed by atoms with Crippen LogP contribution < -0.4 is 0 Å². The molecule has 1 fully saturated rings. The minimum absolute atomic E-state index is 0.0221. The Labute approximate surface area is 188 Å². The number of nitrogens with one attached hydrogen (secondary N) is 1. The summed E-state index contributed by atoms with van der Waals surface area (Å²) in [6, 6.07) is 14.0. The Kier molecular flexibility index (Phi) is 5.91. The molecule has 0 radical (unpaired) electrons. The van der Waals surface area contributed by atoms with Crippen LogP contribution in [0.3, 0.4) is 0 Å². The molecule has 10 nitrogen and oxygen atoms in total. The number of para-hydroxylation sites is 1. The van der Waals surface area contributed by atoms with Crippen molar-refractivity contribution in [1.29, 1.82) is 0 Å². The van der Waals surface area contributed by atoms with E-state index in [0.29, 0.717) is 10.5 Å². The number of aromatic nitrogens is 2. The van der Waals surface area contributed by atoms with Crippen molar-refractivity contribution in [3.05, 3.63) is 81.4 Å². The number of nitro groups is 1. The van der Waals surface area contributed by atoms with Gasteiger partial charge in [0.05, 0.1) is 9.82 Å². The number of carbonyl (C=O) groups is 1. The highest BCUT2D eigenvalue weighted by Crippen LogP contribution is 2.22. The normalized spacial score (nSPS) is 14.9. The van der Waals surface area contributed by atoms with Gasteiger partial charge in [-0.3, -0.25) is 19.5 Å². The number of carbonyl (C=O) groups excluding carboxylic acids is 1. The minimum atomic E-state index is -3.82. The number of imidazole rings is 1. The van der Waals surface area contributed by atoms with E-state index in [-0.39, 0.29) is 42.7 Å². The second-order valence-corrected chi connectivity index (χ2v) is 9.42. The van der Waals surface area contributed by atoms with E-state index in [1.54, 1.807) is 15.7 Å². The zero-order valence-electron chi connectivity index (χ0n) is 16.7. The first-order chi connectivity index (χ1) is 15.3. The summed E-state index contributed by atoms with van der Waals surface area (Å²) >= 11 is 5.33. The zero-order valence-corrected chi connectivity index (χ0v) is 18.4. The Morgan fingerprint density at radius 1 is 1.00 bits per heavy atom. The molecule has 1 aliphatic rings. The second kappa shape index (κ2) is 8.65. The van der Waals surface area contributed by atoms with Gasteiger partial charge in [-0.25, -0.2) is 8.42 Å². The maximum Gasteiger partial charge on any atom is 0.272 e. The van der Waals surface area contributed by atoms with Crippen LogP contribution in [0, 0.1) is 14.9 Å². The quantitative estimate of drug-likeness (QED) is 0.345. The topological polar surface area (TPSA) is 122 Å². The van der Waals surface area contributed by atoms with Gasteiger partial charge in [-0.05, 0) is 36.5 Å². The third-order valence-corrected chi connectivity index (χ3v) is 7.43. The second-order valence-electron chi connectivity index (χ2n) is 7.10. The molecule has 0 saturated carbocycles. The SMILES string of the molecule is O=C(c1c[nH]c(=S)n1-c1ccccc1)N1CCN(S(=O)(=O)c2ccc([N+](=O)[O-])cc2)CC1. The highest BCUT2D eigenvalue weighted by atomic mass is 32.2. The van der Waals surface area contributed by atoms with E-state index in [1.165, 1.54) is 16.4 Å². The van der Waals surface area contributed by atoms with Crippen LogP contribution in [0.5, 0.6) is 0 Å². The van der Waals surface area contributed by atoms with Gasteiger partial charge in [-0.2, -0.15) is 4.31 Å². The largest absolute Gasteiger partial charge is 0.336 e. The fraction of sp³-hybridized carbons (Fsp3) is 0.200. The molecule has 0 unspecified atom stereocenters. The number of aromatic amines is 1. The Hall–Kier alpha value is -3.35. The van der Waals surface area contributed by atoms with Crippen molar-refractivity contribution in [2.24, 2.45) is 0 Å². The summed E-state index contributed by atoms with van der Waals surface area (Å²) in [7, 11) is -3.82. The van der Waals surface area contributed by atoms with Crippen LogP contribution in [0.1, 0.15) is 10.5 Å². The number of nitrogens with zero attached hydrogens (tertiary/aromatic N) is 4. The molecule has 1 saturated heterocycles. The molecular formula is C20H19N5O5S2. The van der Waals surface area contributed by atoms with E-state index in [4.69, 9.17) is 12.2 Å². The van der Waals surface area contributed by atoms with Crippen molar-refractivity contribution in [2.75, 3.05) is 26.2 Å². The molecule has 12 heteroatoms. The molecule has 0 aliphatic carbocycles. The van der Waals surface area contributed by atoms with Crippen molar-refractivity contribution in [2.45, 2.75) is 4.90 Å². The van der Waals surface area contributed by atoms with Crippen molar-refractivity contribution in [3.63, 3.8) is 0 Å². The Morgan fingerprint density at radius 3 is 2.22 bits per heavy atom. The van der Waals surface area contributed by atoms with Gasteiger partial charge in [0.15, 0.2) is 4.77 Å². The molecule has 0 spiro atoms. The molecule has 1 aromatic heterocycles. The van der Waals surface area contributed by atoms with Gasteiger partial charge in [0.25, 0.3) is 11.6 Å². The van der Waals surface area contributed by atoms with Gasteiger partial charge in [-0.15, -0.1) is 0 Å². The highest BCUT2D eigenvalue weighted by molar-refractivity contribution is 7.89. The number of hydrogen-bond acceptors (Lipinski definition) is 6. The molecule has 32 heavy (non-hydrogen) atoms. The number of nitro benzene ring substituents is 1. The summed E-state index contributed by atoms with van der Waals surface area (Å²) in [4.78, 5) is 27.8. The van der Waals surface area contributed by atoms with Gasteiger partial charge >= 0.3 is 0 Å². The lowest BCUT2D eigenvalue weighted by Gasteiger charge is -2.34. The number of hydrogen-bond donors (Lipinski definition) is 1. The van der Waals surface area contributed by atoms with Crippen LogP contribution in [-0.2, 0) is 10.0 Å². The standard InChI is InChI=1S/C20H19N5O5S2/c26-19(18-14-21-20(31)24(18)15-4-2-1-3-5-15)22-10-12-23(13-11-22)32(29,30)17-8-6-16(7-9-17)25(27)28/h1-9,14H,10-13H2,(H,21,31). The monoisotopic (exact) mass is 473 g/mol. The van der Waals surface area contributed by atoms with Crippen LogP contribution in [0.4, 0.5) is 5.69 Å². The molecular weight excluding hydrogens is 454 g/mol. The van der Waals surface area contributed by atoms with E-state index in [0.717, 1.165) is 17.8 Å². The van der Waals surface area contributed by atoms with E-state index >= 15 is 0 Å². The fourth-order valence-electron chi connectivity index (χ4n) is 3.54. The van der Waals surface area contributed by atoms with Crippen LogP contribution in [0.25, 0.3) is 5.69 Å². The predicted octanol–water partition coefficient (Wildman–Crippen LogP) is 2.59. The van der Waals surface area contributed by atoms with Crippen LogP contribution in [0.2, 0.25) is 0 Å². The number of rotatable bonds is 5. The molecule has 2 aromatic carbocycles. The zero-order chi connectivity index (χ0) is 22.9. The first-order valence-electron chi connectivity index (χ1n) is 9.69. The first kappa shape index (κ1) is 21.9. The number of sulfonamides is 1. The Bertz CT molecular complexity index is 1310. The predicted molar refractivity (Wildman–Crippen MR) is 119 cm³/mol. The van der Waals surface area contributed by atoms with Crippen LogP contribution in [-0.4, -0.2) is 64.2 Å². The maximum atomic E-state index is 13.1. The minimum Gasteiger partial charge on any atom is -0.336 e. The summed E-state index contributed by atoms with van der Waals surface area (Å²) in [5.74, 6) is -0.256. The van der Waals surface area contributed by atoms with Crippen molar-refractivity contribution < 1.29 is 18.1 Å². The number of H-pyrrole nitrogens is 1. The highest BCUT2D eigenvalue weighted by Gasteiger charge is 2.31. The molecule has 0 atom stereocenters. The smallest absolute Gasteiger partial charge is 0.272 e. The Balaban J connectivity index is 1.49. The summed E-state index contributed by atoms with van der Waals surface area (Å²) in [5, 5.41) is 10.8. The van der Waals surface area contributed by atoms with Gasteiger partial charge in [0.1, 0.15) is 5.69 Å². The number of amides is 1. The summed E-state index contributed by atoms with van der Waals surface area (Å²) < 4.78 is 29.1.